The van der Waals surface area contributed by atoms with Crippen LogP contribution in [0.1, 0.15) is 24.5 Å². The molecule has 1 fully saturated rings. The van der Waals surface area contributed by atoms with Crippen molar-refractivity contribution in [2.45, 2.75) is 20.3 Å². The summed E-state index contributed by atoms with van der Waals surface area (Å²) < 4.78 is 0. The van der Waals surface area contributed by atoms with Crippen LogP contribution >= 0.6 is 11.6 Å². The molecular formula is C20H25ClN4O. The van der Waals surface area contributed by atoms with E-state index >= 15 is 0 Å². The van der Waals surface area contributed by atoms with E-state index in [4.69, 9.17) is 11.6 Å². The smallest absolute Gasteiger partial charge is 0.246 e. The van der Waals surface area contributed by atoms with E-state index in [-0.39, 0.29) is 5.91 Å². The van der Waals surface area contributed by atoms with Gasteiger partial charge in [0.25, 0.3) is 0 Å². The number of carbonyl (C=O) groups excluding carboxylic acids is 1. The van der Waals surface area contributed by atoms with Crippen molar-refractivity contribution >= 4 is 23.2 Å². The third kappa shape index (κ3) is 4.80. The SMILES string of the molecule is C=CC(=O)N1CCN(/C(=C/CC)CNc2cc(C)c(Cl)cc2C#N)CC1. The molecule has 0 unspecified atom stereocenters. The second-order valence-electron chi connectivity index (χ2n) is 6.23. The molecule has 0 saturated carbocycles. The Labute approximate surface area is 160 Å². The van der Waals surface area contributed by atoms with Crippen LogP contribution in [0.4, 0.5) is 5.69 Å². The minimum absolute atomic E-state index is 0.0147. The summed E-state index contributed by atoms with van der Waals surface area (Å²) in [7, 11) is 0. The van der Waals surface area contributed by atoms with Crippen molar-refractivity contribution in [2.75, 3.05) is 38.0 Å². The van der Waals surface area contributed by atoms with Crippen molar-refractivity contribution in [3.63, 3.8) is 0 Å². The molecule has 6 heteroatoms. The highest BCUT2D eigenvalue weighted by Crippen LogP contribution is 2.25. The van der Waals surface area contributed by atoms with Gasteiger partial charge < -0.3 is 15.1 Å². The second kappa shape index (κ2) is 9.30. The van der Waals surface area contributed by atoms with E-state index in [1.807, 2.05) is 17.9 Å². The van der Waals surface area contributed by atoms with E-state index in [0.29, 0.717) is 30.2 Å². The lowest BCUT2D eigenvalue weighted by Crippen LogP contribution is -2.48. The molecule has 0 bridgehead atoms. The maximum Gasteiger partial charge on any atom is 0.246 e. The number of nitrogens with zero attached hydrogens (tertiary/aromatic N) is 3. The molecule has 1 heterocycles. The van der Waals surface area contributed by atoms with Crippen LogP contribution in [0.3, 0.4) is 0 Å². The van der Waals surface area contributed by atoms with Crippen LogP contribution in [0.5, 0.6) is 0 Å². The van der Waals surface area contributed by atoms with Gasteiger partial charge in [0.2, 0.25) is 5.91 Å². The van der Waals surface area contributed by atoms with Crippen molar-refractivity contribution in [1.29, 1.82) is 5.26 Å². The predicted molar refractivity (Wildman–Crippen MR) is 106 cm³/mol. The Morgan fingerprint density at radius 2 is 2.00 bits per heavy atom. The molecule has 0 aliphatic carbocycles. The van der Waals surface area contributed by atoms with E-state index in [1.54, 1.807) is 6.07 Å². The zero-order chi connectivity index (χ0) is 19.1. The van der Waals surface area contributed by atoms with Gasteiger partial charge in [-0.3, -0.25) is 4.79 Å². The molecule has 1 N–H and O–H groups in total. The van der Waals surface area contributed by atoms with E-state index in [9.17, 15) is 10.1 Å². The largest absolute Gasteiger partial charge is 0.378 e. The number of piperazine rings is 1. The Bertz CT molecular complexity index is 743. The van der Waals surface area contributed by atoms with Crippen molar-refractivity contribution in [1.82, 2.24) is 9.80 Å². The van der Waals surface area contributed by atoms with Gasteiger partial charge in [-0.05, 0) is 37.1 Å². The number of halogens is 1. The summed E-state index contributed by atoms with van der Waals surface area (Å²) in [6.45, 7) is 11.2. The molecule has 138 valence electrons. The van der Waals surface area contributed by atoms with Gasteiger partial charge in [0, 0.05) is 36.9 Å². The zero-order valence-electron chi connectivity index (χ0n) is 15.4. The maximum atomic E-state index is 11.7. The highest BCUT2D eigenvalue weighted by molar-refractivity contribution is 6.31. The molecule has 5 nitrogen and oxygen atoms in total. The summed E-state index contributed by atoms with van der Waals surface area (Å²) >= 11 is 6.11. The Morgan fingerprint density at radius 1 is 1.35 bits per heavy atom. The molecule has 1 amide bonds. The number of aryl methyl sites for hydroxylation is 1. The number of benzene rings is 1. The molecule has 0 radical (unpaired) electrons. The van der Waals surface area contributed by atoms with Gasteiger partial charge in [-0.2, -0.15) is 5.26 Å². The fourth-order valence-corrected chi connectivity index (χ4v) is 3.16. The Kier molecular flexibility index (Phi) is 7.11. The first-order valence-electron chi connectivity index (χ1n) is 8.79. The standard InChI is InChI=1S/C20H25ClN4O/c1-4-6-17(24-7-9-25(10-8-24)20(26)5-2)14-23-19-11-15(3)18(21)12-16(19)13-22/h5-6,11-12,23H,2,4,7-10,14H2,1,3H3/b17-6+. The first-order valence-corrected chi connectivity index (χ1v) is 9.17. The fourth-order valence-electron chi connectivity index (χ4n) is 3.00. The molecule has 0 spiro atoms. The Hall–Kier alpha value is -2.45. The summed E-state index contributed by atoms with van der Waals surface area (Å²) in [5, 5.41) is 13.3. The lowest BCUT2D eigenvalue weighted by Gasteiger charge is -2.37. The number of hydrogen-bond acceptors (Lipinski definition) is 4. The highest BCUT2D eigenvalue weighted by Gasteiger charge is 2.20. The molecule has 1 aromatic carbocycles. The van der Waals surface area contributed by atoms with Gasteiger partial charge in [0.05, 0.1) is 17.8 Å². The topological polar surface area (TPSA) is 59.4 Å². The van der Waals surface area contributed by atoms with Gasteiger partial charge in [-0.1, -0.05) is 31.2 Å². The summed E-state index contributed by atoms with van der Waals surface area (Å²) in [6, 6.07) is 5.79. The summed E-state index contributed by atoms with van der Waals surface area (Å²) in [4.78, 5) is 15.8. The zero-order valence-corrected chi connectivity index (χ0v) is 16.1. The van der Waals surface area contributed by atoms with Crippen molar-refractivity contribution in [3.05, 3.63) is 52.7 Å². The van der Waals surface area contributed by atoms with Gasteiger partial charge in [-0.15, -0.1) is 0 Å². The Balaban J connectivity index is 2.06. The Morgan fingerprint density at radius 3 is 2.58 bits per heavy atom. The monoisotopic (exact) mass is 372 g/mol. The fraction of sp³-hybridized carbons (Fsp3) is 0.400. The van der Waals surface area contributed by atoms with Gasteiger partial charge in [-0.25, -0.2) is 0 Å². The van der Waals surface area contributed by atoms with E-state index in [2.05, 4.69) is 35.9 Å². The van der Waals surface area contributed by atoms with Gasteiger partial charge in [0.1, 0.15) is 6.07 Å². The number of anilines is 1. The van der Waals surface area contributed by atoms with Crippen LogP contribution in [0.25, 0.3) is 0 Å². The minimum atomic E-state index is -0.0147. The molecule has 2 rings (SSSR count). The van der Waals surface area contributed by atoms with Crippen molar-refractivity contribution < 1.29 is 4.79 Å². The van der Waals surface area contributed by atoms with E-state index in [1.165, 1.54) is 11.8 Å². The molecule has 1 aliphatic heterocycles. The van der Waals surface area contributed by atoms with Crippen LogP contribution in [-0.4, -0.2) is 48.4 Å². The molecule has 26 heavy (non-hydrogen) atoms. The van der Waals surface area contributed by atoms with Crippen molar-refractivity contribution in [2.24, 2.45) is 0 Å². The average molecular weight is 373 g/mol. The number of nitrogens with one attached hydrogen (secondary N) is 1. The van der Waals surface area contributed by atoms with Crippen LogP contribution in [0, 0.1) is 18.3 Å². The number of amides is 1. The van der Waals surface area contributed by atoms with Gasteiger partial charge >= 0.3 is 0 Å². The number of allylic oxidation sites excluding steroid dienone is 1. The molecular weight excluding hydrogens is 348 g/mol. The predicted octanol–water partition coefficient (Wildman–Crippen LogP) is 3.56. The quantitative estimate of drug-likeness (QED) is 0.776. The minimum Gasteiger partial charge on any atom is -0.378 e. The first kappa shape index (κ1) is 19.9. The number of carbonyl (C=O) groups is 1. The lowest BCUT2D eigenvalue weighted by molar-refractivity contribution is -0.127. The third-order valence-corrected chi connectivity index (χ3v) is 4.90. The molecule has 1 aromatic rings. The normalized spacial score (nSPS) is 14.8. The molecule has 1 saturated heterocycles. The van der Waals surface area contributed by atoms with Gasteiger partial charge in [0.15, 0.2) is 0 Å². The number of hydrogen-bond donors (Lipinski definition) is 1. The number of nitriles is 1. The average Bonchev–Trinajstić information content (AvgIpc) is 2.66. The molecule has 0 atom stereocenters. The van der Waals surface area contributed by atoms with E-state index in [0.717, 1.165) is 30.8 Å². The van der Waals surface area contributed by atoms with E-state index < -0.39 is 0 Å². The maximum absolute atomic E-state index is 11.7. The lowest BCUT2D eigenvalue weighted by atomic mass is 10.1. The molecule has 1 aliphatic rings. The van der Waals surface area contributed by atoms with Crippen LogP contribution < -0.4 is 5.32 Å². The number of rotatable bonds is 6. The summed E-state index contributed by atoms with van der Waals surface area (Å²) in [5.41, 5.74) is 3.44. The summed E-state index contributed by atoms with van der Waals surface area (Å²) in [5.74, 6) is -0.0147. The van der Waals surface area contributed by atoms with Crippen LogP contribution in [-0.2, 0) is 4.79 Å². The molecule has 0 aromatic heterocycles. The van der Waals surface area contributed by atoms with Crippen molar-refractivity contribution in [3.8, 4) is 6.07 Å². The van der Waals surface area contributed by atoms with Crippen LogP contribution in [0.15, 0.2) is 36.6 Å². The third-order valence-electron chi connectivity index (χ3n) is 4.49. The summed E-state index contributed by atoms with van der Waals surface area (Å²) in [6.07, 6.45) is 4.48. The first-order chi connectivity index (χ1) is 12.5. The van der Waals surface area contributed by atoms with Crippen LogP contribution in [0.2, 0.25) is 5.02 Å². The second-order valence-corrected chi connectivity index (χ2v) is 6.64. The highest BCUT2D eigenvalue weighted by atomic mass is 35.5.